The van der Waals surface area contributed by atoms with Crippen molar-refractivity contribution in [3.05, 3.63) is 48.2 Å². The largest absolute Gasteiger partial charge is 0.368 e. The van der Waals surface area contributed by atoms with Crippen molar-refractivity contribution in [1.82, 2.24) is 9.88 Å². The molecule has 176 valence electrons. The van der Waals surface area contributed by atoms with Gasteiger partial charge in [0, 0.05) is 18.8 Å². The smallest absolute Gasteiger partial charge is 0.332 e. The Morgan fingerprint density at radius 3 is 2.16 bits per heavy atom. The van der Waals surface area contributed by atoms with Gasteiger partial charge in [-0.3, -0.25) is 4.79 Å². The average Bonchev–Trinajstić information content (AvgIpc) is 2.80. The highest BCUT2D eigenvalue weighted by Gasteiger charge is 2.65. The summed E-state index contributed by atoms with van der Waals surface area (Å²) in [6, 6.07) is 4.49. The van der Waals surface area contributed by atoms with Crippen molar-refractivity contribution >= 4 is 33.7 Å². The molecule has 32 heavy (non-hydrogen) atoms. The molecular formula is C20H23F5N4O2S. The molecule has 0 bridgehead atoms. The van der Waals surface area contributed by atoms with E-state index in [4.69, 9.17) is 0 Å². The number of amides is 3. The van der Waals surface area contributed by atoms with Gasteiger partial charge in [0.15, 0.2) is 0 Å². The fraction of sp³-hybridized carbons (Fsp3) is 0.350. The highest BCUT2D eigenvalue weighted by atomic mass is 32.5. The third kappa shape index (κ3) is 4.64. The van der Waals surface area contributed by atoms with Crippen LogP contribution in [0.5, 0.6) is 0 Å². The predicted octanol–water partition coefficient (Wildman–Crippen LogP) is 6.31. The fourth-order valence-electron chi connectivity index (χ4n) is 3.31. The van der Waals surface area contributed by atoms with Gasteiger partial charge in [-0.05, 0) is 69.7 Å². The van der Waals surface area contributed by atoms with E-state index in [0.717, 1.165) is 0 Å². The van der Waals surface area contributed by atoms with Crippen LogP contribution in [0.4, 0.5) is 35.7 Å². The summed E-state index contributed by atoms with van der Waals surface area (Å²) < 4.78 is 64.9. The number of carbonyl (C=O) groups is 2. The Morgan fingerprint density at radius 1 is 1.03 bits per heavy atom. The van der Waals surface area contributed by atoms with Gasteiger partial charge >= 0.3 is 16.3 Å². The number of halogens is 5. The molecule has 1 aliphatic rings. The second kappa shape index (κ2) is 6.80. The number of benzene rings is 1. The summed E-state index contributed by atoms with van der Waals surface area (Å²) in [7, 11) is -9.86. The Hall–Kier alpha value is -2.89. The van der Waals surface area contributed by atoms with Crippen LogP contribution in [-0.2, 0) is 11.3 Å². The number of anilines is 2. The molecule has 0 radical (unpaired) electrons. The van der Waals surface area contributed by atoms with Gasteiger partial charge in [0.05, 0.1) is 5.69 Å². The van der Waals surface area contributed by atoms with Gasteiger partial charge in [-0.1, -0.05) is 19.4 Å². The molecular weight excluding hydrogens is 455 g/mol. The number of aromatic nitrogens is 1. The number of pyridine rings is 1. The van der Waals surface area contributed by atoms with E-state index in [1.54, 1.807) is 18.3 Å². The molecule has 0 unspecified atom stereocenters. The highest BCUT2D eigenvalue weighted by Crippen LogP contribution is 3.02. The Morgan fingerprint density at radius 2 is 1.62 bits per heavy atom. The van der Waals surface area contributed by atoms with Gasteiger partial charge in [0.25, 0.3) is 5.91 Å². The average molecular weight is 478 g/mol. The van der Waals surface area contributed by atoms with Gasteiger partial charge in [0.2, 0.25) is 0 Å². The van der Waals surface area contributed by atoms with Gasteiger partial charge < -0.3 is 10.2 Å². The third-order valence-electron chi connectivity index (χ3n) is 4.97. The number of nitrogens with zero attached hydrogens (tertiary/aromatic N) is 3. The summed E-state index contributed by atoms with van der Waals surface area (Å²) in [5.41, 5.74) is -0.862. The van der Waals surface area contributed by atoms with Crippen LogP contribution in [0.15, 0.2) is 47.5 Å². The monoisotopic (exact) mass is 478 g/mol. The van der Waals surface area contributed by atoms with Crippen molar-refractivity contribution < 1.29 is 29.0 Å². The molecule has 2 aromatic rings. The van der Waals surface area contributed by atoms with Crippen LogP contribution in [0.2, 0.25) is 0 Å². The molecule has 1 fully saturated rings. The molecule has 1 N–H and O–H groups in total. The first-order valence-corrected chi connectivity index (χ1v) is 11.6. The van der Waals surface area contributed by atoms with Crippen molar-refractivity contribution in [3.63, 3.8) is 0 Å². The molecule has 12 heteroatoms. The zero-order valence-electron chi connectivity index (χ0n) is 17.8. The molecule has 1 aromatic heterocycles. The lowest BCUT2D eigenvalue weighted by Crippen LogP contribution is -2.43. The third-order valence-corrected chi connectivity index (χ3v) is 6.13. The second-order valence-electron chi connectivity index (χ2n) is 8.38. The normalized spacial score (nSPS) is 18.7. The minimum Gasteiger partial charge on any atom is -0.368 e. The first kappa shape index (κ1) is 23.8. The highest BCUT2D eigenvalue weighted by molar-refractivity contribution is 8.45. The quantitative estimate of drug-likeness (QED) is 0.391. The molecule has 1 aromatic carbocycles. The SMILES string of the molecule is CC(C)Nc1cc(CN2C(=O)N(c3ccc(S(F)(F)(F)(F)F)cc3)C(=O)C2(C)C)ccn1. The molecule has 0 spiro atoms. The van der Waals surface area contributed by atoms with Crippen molar-refractivity contribution in [2.75, 3.05) is 10.2 Å². The van der Waals surface area contributed by atoms with E-state index in [1.807, 2.05) is 13.8 Å². The minimum absolute atomic E-state index is 0.0346. The molecule has 0 saturated carbocycles. The topological polar surface area (TPSA) is 65.5 Å². The number of carbonyl (C=O) groups excluding carboxylic acids is 2. The maximum Gasteiger partial charge on any atom is 0.332 e. The molecule has 1 saturated heterocycles. The van der Waals surface area contributed by atoms with Gasteiger partial charge in [-0.15, -0.1) is 0 Å². The van der Waals surface area contributed by atoms with Crippen LogP contribution in [0.3, 0.4) is 0 Å². The number of hydrogen-bond donors (Lipinski definition) is 1. The van der Waals surface area contributed by atoms with E-state index in [2.05, 4.69) is 10.3 Å². The molecule has 0 atom stereocenters. The van der Waals surface area contributed by atoms with Crippen LogP contribution in [0.25, 0.3) is 0 Å². The maximum absolute atomic E-state index is 13.0. The molecule has 1 aliphatic heterocycles. The Labute approximate surface area is 182 Å². The van der Waals surface area contributed by atoms with Gasteiger partial charge in [-0.25, -0.2) is 14.7 Å². The second-order valence-corrected chi connectivity index (χ2v) is 10.8. The molecule has 3 rings (SSSR count). The zero-order valence-corrected chi connectivity index (χ0v) is 18.6. The summed E-state index contributed by atoms with van der Waals surface area (Å²) in [5.74, 6) is -0.103. The lowest BCUT2D eigenvalue weighted by atomic mass is 10.0. The van der Waals surface area contributed by atoms with Crippen molar-refractivity contribution in [3.8, 4) is 0 Å². The summed E-state index contributed by atoms with van der Waals surface area (Å²) in [6.07, 6.45) is 1.55. The number of urea groups is 1. The van der Waals surface area contributed by atoms with Crippen LogP contribution >= 0.6 is 10.2 Å². The van der Waals surface area contributed by atoms with Gasteiger partial charge in [-0.2, -0.15) is 0 Å². The van der Waals surface area contributed by atoms with Crippen molar-refractivity contribution in [1.29, 1.82) is 0 Å². The van der Waals surface area contributed by atoms with Gasteiger partial charge in [0.1, 0.15) is 16.3 Å². The van der Waals surface area contributed by atoms with Crippen LogP contribution in [0.1, 0.15) is 33.3 Å². The predicted molar refractivity (Wildman–Crippen MR) is 113 cm³/mol. The van der Waals surface area contributed by atoms with E-state index >= 15 is 0 Å². The summed E-state index contributed by atoms with van der Waals surface area (Å²) in [4.78, 5) is 30.0. The van der Waals surface area contributed by atoms with Crippen LogP contribution in [0, 0.1) is 0 Å². The fourth-order valence-corrected chi connectivity index (χ4v) is 3.96. The van der Waals surface area contributed by atoms with Crippen LogP contribution < -0.4 is 10.2 Å². The zero-order chi connectivity index (χ0) is 24.2. The van der Waals surface area contributed by atoms with E-state index in [9.17, 15) is 29.0 Å². The standard InChI is InChI=1S/C20H23F5N4O2S/c1-13(2)27-17-11-14(9-10-26-17)12-28-19(31)29(18(30)20(28,3)4)15-5-7-16(8-6-15)32(21,22,23,24)25/h5-11,13H,12H2,1-4H3,(H,26,27). The molecule has 2 heterocycles. The summed E-state index contributed by atoms with van der Waals surface area (Å²) in [6.45, 7) is 6.90. The lowest BCUT2D eigenvalue weighted by molar-refractivity contribution is -0.123. The van der Waals surface area contributed by atoms with Crippen molar-refractivity contribution in [2.45, 2.75) is 50.7 Å². The first-order chi connectivity index (χ1) is 14.4. The summed E-state index contributed by atoms with van der Waals surface area (Å²) in [5, 5.41) is 3.13. The Bertz CT molecular complexity index is 1070. The number of rotatable bonds is 6. The van der Waals surface area contributed by atoms with E-state index < -0.39 is 32.6 Å². The molecule has 0 aliphatic carbocycles. The molecule has 6 nitrogen and oxygen atoms in total. The van der Waals surface area contributed by atoms with Crippen molar-refractivity contribution in [2.24, 2.45) is 0 Å². The summed E-state index contributed by atoms with van der Waals surface area (Å²) >= 11 is 0. The van der Waals surface area contributed by atoms with E-state index in [0.29, 0.717) is 28.4 Å². The number of hydrogen-bond acceptors (Lipinski definition) is 4. The maximum atomic E-state index is 13.0. The number of nitrogens with one attached hydrogen (secondary N) is 1. The Balaban J connectivity index is 1.91. The lowest BCUT2D eigenvalue weighted by Gasteiger charge is -2.40. The Kier molecular flexibility index (Phi) is 5.05. The van der Waals surface area contributed by atoms with E-state index in [1.165, 1.54) is 18.7 Å². The van der Waals surface area contributed by atoms with Crippen LogP contribution in [-0.4, -0.2) is 33.4 Å². The first-order valence-electron chi connectivity index (χ1n) is 9.62. The molecule has 3 amide bonds. The van der Waals surface area contributed by atoms with E-state index in [-0.39, 0.29) is 30.4 Å². The minimum atomic E-state index is -9.86. The number of imide groups is 1.